The van der Waals surface area contributed by atoms with E-state index >= 15 is 0 Å². The molecule has 0 bridgehead atoms. The van der Waals surface area contributed by atoms with Gasteiger partial charge in [0.2, 0.25) is 5.89 Å². The Labute approximate surface area is 132 Å². The van der Waals surface area contributed by atoms with E-state index in [1.54, 1.807) is 13.0 Å². The minimum Gasteiger partial charge on any atom is -0.376 e. The number of ether oxygens (including phenoxy) is 1. The van der Waals surface area contributed by atoms with Gasteiger partial charge in [0.15, 0.2) is 5.82 Å². The molecule has 0 spiro atoms. The monoisotopic (exact) mass is 315 g/mol. The van der Waals surface area contributed by atoms with Crippen LogP contribution in [0.2, 0.25) is 0 Å². The van der Waals surface area contributed by atoms with Crippen LogP contribution in [0.3, 0.4) is 0 Å². The second-order valence-corrected chi connectivity index (χ2v) is 6.08. The van der Waals surface area contributed by atoms with Gasteiger partial charge < -0.3 is 14.2 Å². The summed E-state index contributed by atoms with van der Waals surface area (Å²) in [6, 6.07) is 1.68. The second-order valence-electron chi connectivity index (χ2n) is 6.08. The number of carbonyl (C=O) groups is 1. The van der Waals surface area contributed by atoms with E-state index in [9.17, 15) is 4.79 Å². The standard InChI is InChI=1S/C15H17N5O3/c1-9-18-14(23-19-9)4-11-8-22-13-7-20(6-12(11)13)15(21)10-2-3-16-17-5-10/h2-3,5,11-13H,4,6-8H2,1H3/t11-,12-,13-/m1/s1. The molecule has 0 N–H and O–H groups in total. The van der Waals surface area contributed by atoms with Gasteiger partial charge >= 0.3 is 0 Å². The summed E-state index contributed by atoms with van der Waals surface area (Å²) >= 11 is 0. The van der Waals surface area contributed by atoms with Gasteiger partial charge in [0.25, 0.3) is 5.91 Å². The lowest BCUT2D eigenvalue weighted by Crippen LogP contribution is -2.31. The minimum absolute atomic E-state index is 0.0229. The van der Waals surface area contributed by atoms with E-state index in [-0.39, 0.29) is 12.0 Å². The highest BCUT2D eigenvalue weighted by atomic mass is 16.5. The van der Waals surface area contributed by atoms with Gasteiger partial charge in [-0.1, -0.05) is 5.16 Å². The number of aryl methyl sites for hydroxylation is 1. The molecular weight excluding hydrogens is 298 g/mol. The van der Waals surface area contributed by atoms with Crippen molar-refractivity contribution in [3.8, 4) is 0 Å². The highest BCUT2D eigenvalue weighted by Gasteiger charge is 2.45. The first kappa shape index (κ1) is 14.3. The molecule has 8 nitrogen and oxygen atoms in total. The number of nitrogens with zero attached hydrogens (tertiary/aromatic N) is 5. The van der Waals surface area contributed by atoms with E-state index in [1.165, 1.54) is 12.4 Å². The van der Waals surface area contributed by atoms with Crippen molar-refractivity contribution in [1.29, 1.82) is 0 Å². The molecule has 0 aromatic carbocycles. The van der Waals surface area contributed by atoms with Crippen molar-refractivity contribution in [3.05, 3.63) is 35.7 Å². The lowest BCUT2D eigenvalue weighted by Gasteiger charge is -2.19. The molecule has 1 amide bonds. The maximum Gasteiger partial charge on any atom is 0.255 e. The maximum atomic E-state index is 12.5. The van der Waals surface area contributed by atoms with Gasteiger partial charge in [-0.15, -0.1) is 0 Å². The van der Waals surface area contributed by atoms with Crippen molar-refractivity contribution in [2.45, 2.75) is 19.4 Å². The Kier molecular flexibility index (Phi) is 3.53. The normalized spacial score (nSPS) is 26.5. The Balaban J connectivity index is 1.44. The lowest BCUT2D eigenvalue weighted by molar-refractivity contribution is 0.0675. The van der Waals surface area contributed by atoms with Crippen molar-refractivity contribution in [1.82, 2.24) is 25.2 Å². The number of amides is 1. The molecule has 2 saturated heterocycles. The number of rotatable bonds is 3. The zero-order chi connectivity index (χ0) is 15.8. The van der Waals surface area contributed by atoms with E-state index < -0.39 is 0 Å². The molecule has 4 heterocycles. The summed E-state index contributed by atoms with van der Waals surface area (Å²) in [7, 11) is 0. The number of aromatic nitrogens is 4. The summed E-state index contributed by atoms with van der Waals surface area (Å²) in [5.74, 6) is 1.86. The molecule has 2 aromatic rings. The molecule has 2 fully saturated rings. The fraction of sp³-hybridized carbons (Fsp3) is 0.533. The quantitative estimate of drug-likeness (QED) is 0.814. The maximum absolute atomic E-state index is 12.5. The minimum atomic E-state index is -0.0229. The van der Waals surface area contributed by atoms with Crippen LogP contribution in [0.25, 0.3) is 0 Å². The number of fused-ring (bicyclic) bond motifs is 1. The summed E-state index contributed by atoms with van der Waals surface area (Å²) in [6.45, 7) is 3.78. The molecule has 2 aromatic heterocycles. The molecule has 120 valence electrons. The SMILES string of the molecule is Cc1noc(C[C@@H]2CO[C@@H]3CN(C(=O)c4ccnnc4)C[C@H]23)n1. The van der Waals surface area contributed by atoms with Gasteiger partial charge in [-0.05, 0) is 18.9 Å². The molecule has 2 aliphatic rings. The third-order valence-electron chi connectivity index (χ3n) is 4.56. The van der Waals surface area contributed by atoms with E-state index in [1.807, 2.05) is 4.90 Å². The topological polar surface area (TPSA) is 94.2 Å². The Morgan fingerprint density at radius 3 is 3.04 bits per heavy atom. The molecule has 3 atom stereocenters. The van der Waals surface area contributed by atoms with Crippen LogP contribution in [-0.4, -0.2) is 56.9 Å². The van der Waals surface area contributed by atoms with E-state index in [4.69, 9.17) is 9.26 Å². The van der Waals surface area contributed by atoms with Crippen molar-refractivity contribution in [2.24, 2.45) is 11.8 Å². The number of carbonyl (C=O) groups excluding carboxylic acids is 1. The van der Waals surface area contributed by atoms with E-state index in [0.29, 0.717) is 55.2 Å². The van der Waals surface area contributed by atoms with Crippen molar-refractivity contribution < 1.29 is 14.1 Å². The van der Waals surface area contributed by atoms with Crippen LogP contribution in [0, 0.1) is 18.8 Å². The third-order valence-corrected chi connectivity index (χ3v) is 4.56. The Morgan fingerprint density at radius 2 is 2.30 bits per heavy atom. The summed E-state index contributed by atoms with van der Waals surface area (Å²) in [4.78, 5) is 18.6. The van der Waals surface area contributed by atoms with Crippen LogP contribution >= 0.6 is 0 Å². The average molecular weight is 315 g/mol. The van der Waals surface area contributed by atoms with Crippen molar-refractivity contribution in [3.63, 3.8) is 0 Å². The number of likely N-dealkylation sites (tertiary alicyclic amines) is 1. The molecule has 0 unspecified atom stereocenters. The molecular formula is C15H17N5O3. The third kappa shape index (κ3) is 2.70. The first-order chi connectivity index (χ1) is 11.2. The zero-order valence-corrected chi connectivity index (χ0v) is 12.8. The van der Waals surface area contributed by atoms with Gasteiger partial charge in [0, 0.05) is 25.4 Å². The summed E-state index contributed by atoms with van der Waals surface area (Å²) in [6.07, 6.45) is 3.81. The van der Waals surface area contributed by atoms with Gasteiger partial charge in [0.05, 0.1) is 30.7 Å². The Hall–Kier alpha value is -2.35. The lowest BCUT2D eigenvalue weighted by atomic mass is 9.90. The van der Waals surface area contributed by atoms with Crippen LogP contribution in [0.1, 0.15) is 22.1 Å². The van der Waals surface area contributed by atoms with Gasteiger partial charge in [-0.25, -0.2) is 0 Å². The van der Waals surface area contributed by atoms with E-state index in [0.717, 1.165) is 0 Å². The van der Waals surface area contributed by atoms with Crippen LogP contribution in [0.5, 0.6) is 0 Å². The highest BCUT2D eigenvalue weighted by Crippen LogP contribution is 2.35. The fourth-order valence-corrected chi connectivity index (χ4v) is 3.42. The first-order valence-corrected chi connectivity index (χ1v) is 7.67. The smallest absolute Gasteiger partial charge is 0.255 e. The molecule has 8 heteroatoms. The predicted molar refractivity (Wildman–Crippen MR) is 77.4 cm³/mol. The first-order valence-electron chi connectivity index (χ1n) is 7.67. The van der Waals surface area contributed by atoms with E-state index in [2.05, 4.69) is 20.3 Å². The molecule has 4 rings (SSSR count). The summed E-state index contributed by atoms with van der Waals surface area (Å²) in [5.41, 5.74) is 0.559. The molecule has 0 aliphatic carbocycles. The molecule has 2 aliphatic heterocycles. The second kappa shape index (κ2) is 5.69. The van der Waals surface area contributed by atoms with Crippen molar-refractivity contribution in [2.75, 3.05) is 19.7 Å². The summed E-state index contributed by atoms with van der Waals surface area (Å²) in [5, 5.41) is 11.3. The van der Waals surface area contributed by atoms with Gasteiger partial charge in [0.1, 0.15) is 0 Å². The van der Waals surface area contributed by atoms with Gasteiger partial charge in [-0.3, -0.25) is 4.79 Å². The largest absolute Gasteiger partial charge is 0.376 e. The Morgan fingerprint density at radius 1 is 1.39 bits per heavy atom. The molecule has 0 saturated carbocycles. The zero-order valence-electron chi connectivity index (χ0n) is 12.8. The number of hydrogen-bond acceptors (Lipinski definition) is 7. The van der Waals surface area contributed by atoms with Crippen LogP contribution in [0.4, 0.5) is 0 Å². The van der Waals surface area contributed by atoms with Crippen LogP contribution in [-0.2, 0) is 11.2 Å². The molecule has 23 heavy (non-hydrogen) atoms. The number of hydrogen-bond donors (Lipinski definition) is 0. The summed E-state index contributed by atoms with van der Waals surface area (Å²) < 4.78 is 11.1. The predicted octanol–water partition coefficient (Wildman–Crippen LogP) is 0.498. The van der Waals surface area contributed by atoms with Gasteiger partial charge in [-0.2, -0.15) is 15.2 Å². The fourth-order valence-electron chi connectivity index (χ4n) is 3.42. The van der Waals surface area contributed by atoms with Crippen molar-refractivity contribution >= 4 is 5.91 Å². The average Bonchev–Trinajstić information content (AvgIpc) is 3.25. The van der Waals surface area contributed by atoms with Crippen LogP contribution < -0.4 is 0 Å². The highest BCUT2D eigenvalue weighted by molar-refractivity contribution is 5.94. The van der Waals surface area contributed by atoms with Crippen LogP contribution in [0.15, 0.2) is 23.0 Å². The Bertz CT molecular complexity index is 704. The molecule has 0 radical (unpaired) electrons.